The highest BCUT2D eigenvalue weighted by molar-refractivity contribution is 6.06. The number of hydrogen-bond donors (Lipinski definition) is 2. The molecule has 4 rings (SSSR count). The van der Waals surface area contributed by atoms with E-state index < -0.39 is 12.1 Å². The fourth-order valence-electron chi connectivity index (χ4n) is 3.43. The Morgan fingerprint density at radius 1 is 1.19 bits per heavy atom. The summed E-state index contributed by atoms with van der Waals surface area (Å²) in [5, 5.41) is 3.72. The van der Waals surface area contributed by atoms with Gasteiger partial charge in [0.25, 0.3) is 5.91 Å². The third kappa shape index (κ3) is 3.03. The summed E-state index contributed by atoms with van der Waals surface area (Å²) in [6.07, 6.45) is 2.24. The molecule has 2 aliphatic heterocycles. The van der Waals surface area contributed by atoms with Gasteiger partial charge in [-0.1, -0.05) is 18.2 Å². The number of rotatable bonds is 4. The molecule has 8 heteroatoms. The molecule has 0 unspecified atom stereocenters. The average Bonchev–Trinajstić information content (AvgIpc) is 3.19. The summed E-state index contributed by atoms with van der Waals surface area (Å²) < 4.78 is 5.22. The number of fused-ring (bicyclic) bond motifs is 1. The first-order valence-electron chi connectivity index (χ1n) is 8.66. The van der Waals surface area contributed by atoms with E-state index in [-0.39, 0.29) is 18.4 Å². The zero-order valence-corrected chi connectivity index (χ0v) is 14.2. The van der Waals surface area contributed by atoms with Crippen LogP contribution in [-0.2, 0) is 20.7 Å². The number of imide groups is 1. The SMILES string of the molecule is O=C(CN1C(=O)N[C@H](Cc2c[nH]c3ccccc23)C1=O)N1CCOCC1. The van der Waals surface area contributed by atoms with Gasteiger partial charge in [-0.2, -0.15) is 0 Å². The van der Waals surface area contributed by atoms with Crippen molar-refractivity contribution in [2.75, 3.05) is 32.8 Å². The molecule has 2 aromatic rings. The standard InChI is InChI=1S/C18H20N4O4/c23-16(21-5-7-26-8-6-21)11-22-17(24)15(20-18(22)25)9-12-10-19-14-4-2-1-3-13(12)14/h1-4,10,15,19H,5-9,11H2,(H,20,25)/t15-/m1/s1. The molecule has 26 heavy (non-hydrogen) atoms. The van der Waals surface area contributed by atoms with E-state index in [2.05, 4.69) is 10.3 Å². The molecule has 1 aromatic carbocycles. The van der Waals surface area contributed by atoms with Gasteiger partial charge in [-0.15, -0.1) is 0 Å². The number of H-pyrrole nitrogens is 1. The Bertz CT molecular complexity index is 856. The topological polar surface area (TPSA) is 94.7 Å². The van der Waals surface area contributed by atoms with Crippen LogP contribution in [0.15, 0.2) is 30.5 Å². The molecule has 4 amide bonds. The van der Waals surface area contributed by atoms with E-state index in [4.69, 9.17) is 4.74 Å². The summed E-state index contributed by atoms with van der Waals surface area (Å²) in [6.45, 7) is 1.71. The van der Waals surface area contributed by atoms with Crippen molar-refractivity contribution in [3.63, 3.8) is 0 Å². The van der Waals surface area contributed by atoms with E-state index in [1.165, 1.54) is 0 Å². The maximum Gasteiger partial charge on any atom is 0.325 e. The van der Waals surface area contributed by atoms with Crippen LogP contribution in [0.25, 0.3) is 10.9 Å². The van der Waals surface area contributed by atoms with E-state index in [1.807, 2.05) is 30.5 Å². The predicted octanol–water partition coefficient (Wildman–Crippen LogP) is 0.490. The van der Waals surface area contributed by atoms with Crippen LogP contribution in [0.4, 0.5) is 4.79 Å². The number of amides is 4. The van der Waals surface area contributed by atoms with Gasteiger partial charge in [0.1, 0.15) is 12.6 Å². The van der Waals surface area contributed by atoms with Crippen LogP contribution in [0.2, 0.25) is 0 Å². The van der Waals surface area contributed by atoms with Crippen molar-refractivity contribution in [2.24, 2.45) is 0 Å². The molecular formula is C18H20N4O4. The zero-order chi connectivity index (χ0) is 18.1. The minimum Gasteiger partial charge on any atom is -0.378 e. The number of hydrogen-bond acceptors (Lipinski definition) is 4. The molecule has 0 saturated carbocycles. The number of carbonyl (C=O) groups excluding carboxylic acids is 3. The Labute approximate surface area is 150 Å². The first-order valence-corrected chi connectivity index (χ1v) is 8.66. The van der Waals surface area contributed by atoms with Gasteiger partial charge in [-0.25, -0.2) is 4.79 Å². The molecule has 0 bridgehead atoms. The molecule has 136 valence electrons. The van der Waals surface area contributed by atoms with Crippen molar-refractivity contribution >= 4 is 28.7 Å². The van der Waals surface area contributed by atoms with Crippen molar-refractivity contribution in [3.8, 4) is 0 Å². The van der Waals surface area contributed by atoms with Gasteiger partial charge >= 0.3 is 6.03 Å². The molecule has 2 aliphatic rings. The van der Waals surface area contributed by atoms with E-state index in [0.717, 1.165) is 21.4 Å². The minimum atomic E-state index is -0.654. The number of aromatic amines is 1. The second-order valence-corrected chi connectivity index (χ2v) is 6.48. The number of nitrogens with one attached hydrogen (secondary N) is 2. The zero-order valence-electron chi connectivity index (χ0n) is 14.2. The Hall–Kier alpha value is -2.87. The average molecular weight is 356 g/mol. The highest BCUT2D eigenvalue weighted by atomic mass is 16.5. The summed E-state index contributed by atoms with van der Waals surface area (Å²) in [4.78, 5) is 43.0. The van der Waals surface area contributed by atoms with Crippen LogP contribution in [0.5, 0.6) is 0 Å². The third-order valence-electron chi connectivity index (χ3n) is 4.86. The van der Waals surface area contributed by atoms with E-state index in [0.29, 0.717) is 32.7 Å². The lowest BCUT2D eigenvalue weighted by atomic mass is 10.1. The number of ether oxygens (including phenoxy) is 1. The van der Waals surface area contributed by atoms with Crippen molar-refractivity contribution in [3.05, 3.63) is 36.0 Å². The lowest BCUT2D eigenvalue weighted by Gasteiger charge is -2.28. The molecule has 3 heterocycles. The molecule has 0 spiro atoms. The molecule has 2 N–H and O–H groups in total. The molecule has 0 radical (unpaired) electrons. The highest BCUT2D eigenvalue weighted by Gasteiger charge is 2.39. The quantitative estimate of drug-likeness (QED) is 0.780. The summed E-state index contributed by atoms with van der Waals surface area (Å²) >= 11 is 0. The Balaban J connectivity index is 1.44. The Morgan fingerprint density at radius 2 is 1.96 bits per heavy atom. The molecule has 8 nitrogen and oxygen atoms in total. The number of nitrogens with zero attached hydrogens (tertiary/aromatic N) is 2. The number of benzene rings is 1. The van der Waals surface area contributed by atoms with Crippen molar-refractivity contribution in [1.29, 1.82) is 0 Å². The molecule has 1 aromatic heterocycles. The van der Waals surface area contributed by atoms with Gasteiger partial charge in [0.2, 0.25) is 5.91 Å². The number of urea groups is 1. The highest BCUT2D eigenvalue weighted by Crippen LogP contribution is 2.21. The van der Waals surface area contributed by atoms with Gasteiger partial charge < -0.3 is 19.9 Å². The van der Waals surface area contributed by atoms with Crippen LogP contribution < -0.4 is 5.32 Å². The Morgan fingerprint density at radius 3 is 2.77 bits per heavy atom. The van der Waals surface area contributed by atoms with Crippen LogP contribution in [-0.4, -0.2) is 71.5 Å². The normalized spacial score (nSPS) is 20.7. The van der Waals surface area contributed by atoms with Crippen molar-refractivity contribution < 1.29 is 19.1 Å². The second-order valence-electron chi connectivity index (χ2n) is 6.48. The van der Waals surface area contributed by atoms with Gasteiger partial charge in [0.15, 0.2) is 0 Å². The van der Waals surface area contributed by atoms with E-state index in [9.17, 15) is 14.4 Å². The summed E-state index contributed by atoms with van der Waals surface area (Å²) in [5.74, 6) is -0.591. The van der Waals surface area contributed by atoms with E-state index >= 15 is 0 Å². The summed E-state index contributed by atoms with van der Waals surface area (Å²) in [7, 11) is 0. The lowest BCUT2D eigenvalue weighted by Crippen LogP contribution is -2.47. The predicted molar refractivity (Wildman–Crippen MR) is 93.4 cm³/mol. The number of aromatic nitrogens is 1. The smallest absolute Gasteiger partial charge is 0.325 e. The summed E-state index contributed by atoms with van der Waals surface area (Å²) in [5.41, 5.74) is 1.94. The minimum absolute atomic E-state index is 0.227. The van der Waals surface area contributed by atoms with Crippen molar-refractivity contribution in [2.45, 2.75) is 12.5 Å². The maximum absolute atomic E-state index is 12.6. The Kier molecular flexibility index (Phi) is 4.34. The van der Waals surface area contributed by atoms with Crippen LogP contribution in [0, 0.1) is 0 Å². The van der Waals surface area contributed by atoms with Crippen LogP contribution >= 0.6 is 0 Å². The number of para-hydroxylation sites is 1. The molecular weight excluding hydrogens is 336 g/mol. The lowest BCUT2D eigenvalue weighted by molar-refractivity contribution is -0.140. The molecule has 1 atom stereocenters. The fraction of sp³-hybridized carbons (Fsp3) is 0.389. The van der Waals surface area contributed by atoms with Crippen molar-refractivity contribution in [1.82, 2.24) is 20.1 Å². The fourth-order valence-corrected chi connectivity index (χ4v) is 3.43. The molecule has 0 aliphatic carbocycles. The second kappa shape index (κ2) is 6.80. The monoisotopic (exact) mass is 356 g/mol. The summed E-state index contributed by atoms with van der Waals surface area (Å²) in [6, 6.07) is 6.63. The van der Waals surface area contributed by atoms with Gasteiger partial charge in [-0.05, 0) is 11.6 Å². The number of morpholine rings is 1. The van der Waals surface area contributed by atoms with Gasteiger partial charge in [-0.3, -0.25) is 14.5 Å². The first kappa shape index (κ1) is 16.6. The molecule has 2 saturated heterocycles. The van der Waals surface area contributed by atoms with Crippen LogP contribution in [0.3, 0.4) is 0 Å². The number of carbonyl (C=O) groups is 3. The maximum atomic E-state index is 12.6. The largest absolute Gasteiger partial charge is 0.378 e. The van der Waals surface area contributed by atoms with Gasteiger partial charge in [0, 0.05) is 36.6 Å². The third-order valence-corrected chi connectivity index (χ3v) is 4.86. The van der Waals surface area contributed by atoms with E-state index in [1.54, 1.807) is 4.90 Å². The first-order chi connectivity index (χ1) is 12.6. The van der Waals surface area contributed by atoms with Gasteiger partial charge in [0.05, 0.1) is 13.2 Å². The van der Waals surface area contributed by atoms with Crippen LogP contribution in [0.1, 0.15) is 5.56 Å². The molecule has 2 fully saturated rings.